The van der Waals surface area contributed by atoms with E-state index in [1.165, 1.54) is 11.1 Å². The van der Waals surface area contributed by atoms with E-state index >= 15 is 0 Å². The van der Waals surface area contributed by atoms with Crippen LogP contribution in [-0.2, 0) is 11.3 Å². The number of aromatic nitrogens is 1. The zero-order chi connectivity index (χ0) is 18.1. The Morgan fingerprint density at radius 2 is 2.08 bits per heavy atom. The topological polar surface area (TPSA) is 48.8 Å². The largest absolute Gasteiger partial charge is 0.306 e. The van der Waals surface area contributed by atoms with Gasteiger partial charge in [-0.2, -0.15) is 0 Å². The first-order valence-corrected chi connectivity index (χ1v) is 8.84. The van der Waals surface area contributed by atoms with E-state index in [0.717, 1.165) is 17.7 Å². The van der Waals surface area contributed by atoms with E-state index in [4.69, 9.17) is 0 Å². The summed E-state index contributed by atoms with van der Waals surface area (Å²) in [5.41, 5.74) is 5.04. The number of likely N-dealkylation sites (N-methyl/N-ethyl adjacent to an activating group) is 1. The van der Waals surface area contributed by atoms with Crippen molar-refractivity contribution in [1.82, 2.24) is 15.0 Å². The third-order valence-corrected chi connectivity index (χ3v) is 5.21. The lowest BCUT2D eigenvalue weighted by Crippen LogP contribution is -2.39. The molecular weight excluding hydrogens is 312 g/mol. The van der Waals surface area contributed by atoms with Crippen LogP contribution in [0.2, 0.25) is 0 Å². The minimum Gasteiger partial charge on any atom is -0.306 e. The predicted octanol–water partition coefficient (Wildman–Crippen LogP) is 3.20. The predicted molar refractivity (Wildman–Crippen MR) is 99.9 cm³/mol. The van der Waals surface area contributed by atoms with Gasteiger partial charge in [-0.25, -0.2) is 5.01 Å². The van der Waals surface area contributed by atoms with Crippen LogP contribution in [0.3, 0.4) is 0 Å². The lowest BCUT2D eigenvalue weighted by molar-refractivity contribution is -0.116. The fourth-order valence-corrected chi connectivity index (χ4v) is 3.11. The Balaban J connectivity index is 1.85. The van der Waals surface area contributed by atoms with Gasteiger partial charge in [-0.05, 0) is 43.5 Å². The molecule has 2 atom stereocenters. The summed E-state index contributed by atoms with van der Waals surface area (Å²) in [6.45, 7) is 8.85. The molecule has 1 aromatic rings. The van der Waals surface area contributed by atoms with Crippen LogP contribution in [0.4, 0.5) is 0 Å². The summed E-state index contributed by atoms with van der Waals surface area (Å²) in [5, 5.41) is 4.26. The summed E-state index contributed by atoms with van der Waals surface area (Å²) in [5.74, 6) is 0.121. The zero-order valence-electron chi connectivity index (χ0n) is 15.7. The number of hydrogen-bond acceptors (Lipinski definition) is 5. The molecule has 0 spiro atoms. The molecule has 0 bridgehead atoms. The van der Waals surface area contributed by atoms with Crippen LogP contribution in [0.25, 0.3) is 0 Å². The van der Waals surface area contributed by atoms with Crippen molar-refractivity contribution in [2.24, 2.45) is 10.9 Å². The lowest BCUT2D eigenvalue weighted by Gasteiger charge is -2.29. The first-order valence-electron chi connectivity index (χ1n) is 8.84. The molecule has 0 aromatic carbocycles. The third kappa shape index (κ3) is 3.29. The standard InChI is InChI=1S/C20H26N4O/c1-6-13(2)20(25)19-17-12-24(23(5)18(17)7-8-21-19)11-16-9-14(3)15(4)10-22-16/h7-10,12-13,18H,6,11H2,1-5H3. The molecule has 3 rings (SSSR count). The zero-order valence-corrected chi connectivity index (χ0v) is 15.7. The lowest BCUT2D eigenvalue weighted by atomic mass is 9.91. The van der Waals surface area contributed by atoms with E-state index in [0.29, 0.717) is 12.3 Å². The second-order valence-electron chi connectivity index (χ2n) is 6.95. The average molecular weight is 338 g/mol. The van der Waals surface area contributed by atoms with E-state index in [2.05, 4.69) is 39.9 Å². The molecule has 0 aliphatic carbocycles. The van der Waals surface area contributed by atoms with Gasteiger partial charge in [-0.15, -0.1) is 0 Å². The van der Waals surface area contributed by atoms with Gasteiger partial charge in [0.2, 0.25) is 0 Å². The molecule has 25 heavy (non-hydrogen) atoms. The number of fused-ring (bicyclic) bond motifs is 1. The van der Waals surface area contributed by atoms with Gasteiger partial charge in [-0.3, -0.25) is 14.8 Å². The van der Waals surface area contributed by atoms with E-state index in [-0.39, 0.29) is 17.7 Å². The van der Waals surface area contributed by atoms with Crippen LogP contribution in [0.5, 0.6) is 0 Å². The first-order chi connectivity index (χ1) is 11.9. The molecule has 3 heterocycles. The van der Waals surface area contributed by atoms with E-state index in [1.807, 2.05) is 39.4 Å². The van der Waals surface area contributed by atoms with Gasteiger partial charge in [0.05, 0.1) is 18.3 Å². The third-order valence-electron chi connectivity index (χ3n) is 5.21. The molecule has 5 nitrogen and oxygen atoms in total. The van der Waals surface area contributed by atoms with Crippen molar-refractivity contribution in [1.29, 1.82) is 0 Å². The number of hydrogen-bond donors (Lipinski definition) is 0. The van der Waals surface area contributed by atoms with Gasteiger partial charge in [-0.1, -0.05) is 13.8 Å². The van der Waals surface area contributed by atoms with Crippen molar-refractivity contribution in [2.45, 2.75) is 46.7 Å². The van der Waals surface area contributed by atoms with Gasteiger partial charge in [0, 0.05) is 37.1 Å². The fraction of sp³-hybridized carbons (Fsp3) is 0.450. The molecule has 2 aliphatic heterocycles. The number of carbonyl (C=O) groups excluding carboxylic acids is 1. The van der Waals surface area contributed by atoms with Gasteiger partial charge >= 0.3 is 0 Å². The van der Waals surface area contributed by atoms with Gasteiger partial charge in [0.25, 0.3) is 0 Å². The Bertz CT molecular complexity index is 778. The molecule has 1 aromatic heterocycles. The number of ketones is 1. The number of Topliss-reactive ketones (excluding diaryl/α,β-unsaturated/α-hetero) is 1. The minimum absolute atomic E-state index is 0.00688. The number of carbonyl (C=O) groups is 1. The maximum atomic E-state index is 12.7. The number of aliphatic imine (C=N–C) groups is 1. The molecule has 0 N–H and O–H groups in total. The summed E-state index contributed by atoms with van der Waals surface area (Å²) in [7, 11) is 2.04. The Morgan fingerprint density at radius 1 is 1.32 bits per heavy atom. The number of hydrazine groups is 1. The van der Waals surface area contributed by atoms with Crippen LogP contribution in [0.1, 0.15) is 37.1 Å². The molecule has 0 radical (unpaired) electrons. The van der Waals surface area contributed by atoms with Crippen LogP contribution < -0.4 is 0 Å². The quantitative estimate of drug-likeness (QED) is 0.827. The molecule has 0 fully saturated rings. The normalized spacial score (nSPS) is 21.0. The highest BCUT2D eigenvalue weighted by molar-refractivity contribution is 6.47. The molecular formula is C20H26N4O. The van der Waals surface area contributed by atoms with Crippen molar-refractivity contribution < 1.29 is 4.79 Å². The van der Waals surface area contributed by atoms with Gasteiger partial charge < -0.3 is 5.01 Å². The average Bonchev–Trinajstić information content (AvgIpc) is 2.93. The Labute approximate surface area is 149 Å². The minimum atomic E-state index is -0.00688. The molecule has 0 amide bonds. The number of pyridine rings is 1. The smallest absolute Gasteiger partial charge is 0.184 e. The summed E-state index contributed by atoms with van der Waals surface area (Å²) < 4.78 is 0. The van der Waals surface area contributed by atoms with Crippen LogP contribution in [0, 0.1) is 19.8 Å². The second kappa shape index (κ2) is 6.92. The van der Waals surface area contributed by atoms with Gasteiger partial charge in [0.15, 0.2) is 5.78 Å². The van der Waals surface area contributed by atoms with Crippen molar-refractivity contribution in [2.75, 3.05) is 7.05 Å². The Kier molecular flexibility index (Phi) is 4.86. The van der Waals surface area contributed by atoms with Crippen LogP contribution in [-0.4, -0.2) is 39.6 Å². The molecule has 5 heteroatoms. The van der Waals surface area contributed by atoms with E-state index in [1.54, 1.807) is 6.20 Å². The van der Waals surface area contributed by atoms with Crippen molar-refractivity contribution in [3.8, 4) is 0 Å². The Morgan fingerprint density at radius 3 is 2.76 bits per heavy atom. The van der Waals surface area contributed by atoms with Crippen LogP contribution >= 0.6 is 0 Å². The molecule has 2 unspecified atom stereocenters. The second-order valence-corrected chi connectivity index (χ2v) is 6.95. The highest BCUT2D eigenvalue weighted by Gasteiger charge is 2.36. The maximum absolute atomic E-state index is 12.7. The van der Waals surface area contributed by atoms with Crippen molar-refractivity contribution in [3.05, 3.63) is 53.1 Å². The SMILES string of the molecule is CCC(C)C(=O)C1=NC=CC2C1=CN(Cc1cc(C)c(C)cn1)N2C. The first kappa shape index (κ1) is 17.5. The fourth-order valence-electron chi connectivity index (χ4n) is 3.11. The highest BCUT2D eigenvalue weighted by Crippen LogP contribution is 2.29. The van der Waals surface area contributed by atoms with Crippen molar-refractivity contribution >= 4 is 11.5 Å². The molecule has 0 saturated heterocycles. The summed E-state index contributed by atoms with van der Waals surface area (Å²) in [4.78, 5) is 21.6. The van der Waals surface area contributed by atoms with Crippen LogP contribution in [0.15, 0.2) is 41.3 Å². The van der Waals surface area contributed by atoms with Gasteiger partial charge in [0.1, 0.15) is 5.71 Å². The van der Waals surface area contributed by atoms with E-state index in [9.17, 15) is 4.79 Å². The summed E-state index contributed by atoms with van der Waals surface area (Å²) in [6.07, 6.45) is 8.58. The maximum Gasteiger partial charge on any atom is 0.184 e. The van der Waals surface area contributed by atoms with Crippen molar-refractivity contribution in [3.63, 3.8) is 0 Å². The number of nitrogens with zero attached hydrogens (tertiary/aromatic N) is 4. The summed E-state index contributed by atoms with van der Waals surface area (Å²) in [6, 6.07) is 2.19. The summed E-state index contributed by atoms with van der Waals surface area (Å²) >= 11 is 0. The molecule has 0 saturated carbocycles. The molecule has 132 valence electrons. The number of rotatable bonds is 5. The highest BCUT2D eigenvalue weighted by atomic mass is 16.1. The Hall–Kier alpha value is -2.27. The molecule has 2 aliphatic rings. The van der Waals surface area contributed by atoms with E-state index < -0.39 is 0 Å². The monoisotopic (exact) mass is 338 g/mol. The number of aryl methyl sites for hydroxylation is 2.